The maximum Gasteiger partial charge on any atom is 0.0521 e. The molecule has 5 nitrogen and oxygen atoms in total. The highest BCUT2D eigenvalue weighted by Gasteiger charge is 2.21. The van der Waals surface area contributed by atoms with Gasteiger partial charge in [0.05, 0.1) is 13.2 Å². The maximum absolute atomic E-state index is 5.87. The molecule has 4 N–H and O–H groups in total. The Morgan fingerprint density at radius 2 is 1.11 bits per heavy atom. The minimum Gasteiger partial charge on any atom is -0.381 e. The summed E-state index contributed by atoms with van der Waals surface area (Å²) in [6.45, 7) is 7.07. The van der Waals surface area contributed by atoms with E-state index >= 15 is 0 Å². The molecule has 0 spiro atoms. The molecule has 0 aromatic heterocycles. The summed E-state index contributed by atoms with van der Waals surface area (Å²) in [4.78, 5) is 4.37. The molecule has 0 saturated carbocycles. The molecule has 4 unspecified atom stereocenters. The van der Waals surface area contributed by atoms with Gasteiger partial charge in [0.2, 0.25) is 0 Å². The third-order valence-electron chi connectivity index (χ3n) is 4.26. The summed E-state index contributed by atoms with van der Waals surface area (Å²) in [5, 5.41) is 0. The first kappa shape index (κ1) is 18.8. The molecule has 0 aliphatic heterocycles. The second-order valence-electron chi connectivity index (χ2n) is 5.94. The van der Waals surface area contributed by atoms with Crippen molar-refractivity contribution in [3.05, 3.63) is 0 Å². The monoisotopic (exact) mass is 274 g/mol. The quantitative estimate of drug-likeness (QED) is 0.589. The van der Waals surface area contributed by atoms with Gasteiger partial charge in [-0.05, 0) is 55.1 Å². The minimum atomic E-state index is 0.364. The van der Waals surface area contributed by atoms with E-state index in [1.165, 1.54) is 0 Å². The minimum absolute atomic E-state index is 0.364. The number of nitrogens with zero attached hydrogens (tertiary/aromatic N) is 2. The summed E-state index contributed by atoms with van der Waals surface area (Å²) in [6.07, 6.45) is 0. The lowest BCUT2D eigenvalue weighted by molar-refractivity contribution is 0.0344. The molecule has 0 aromatic carbocycles. The Kier molecular flexibility index (Phi) is 9.56. The SMILES string of the molecule is CC(C(CN)COCC(CN)C(C)N(C)C)N(C)C. The van der Waals surface area contributed by atoms with Crippen LogP contribution in [0.3, 0.4) is 0 Å². The van der Waals surface area contributed by atoms with Crippen LogP contribution >= 0.6 is 0 Å². The summed E-state index contributed by atoms with van der Waals surface area (Å²) in [5.74, 6) is 0.728. The number of hydrogen-bond donors (Lipinski definition) is 2. The molecular weight excluding hydrogens is 240 g/mol. The van der Waals surface area contributed by atoms with Crippen molar-refractivity contribution in [1.82, 2.24) is 9.80 Å². The van der Waals surface area contributed by atoms with E-state index in [2.05, 4.69) is 51.8 Å². The zero-order chi connectivity index (χ0) is 15.0. The molecule has 0 aliphatic rings. The molecule has 4 atom stereocenters. The van der Waals surface area contributed by atoms with E-state index in [1.807, 2.05) is 0 Å². The smallest absolute Gasteiger partial charge is 0.0521 e. The maximum atomic E-state index is 5.87. The molecule has 5 heteroatoms. The molecule has 0 heterocycles. The molecule has 0 rings (SSSR count). The molecule has 0 fully saturated rings. The van der Waals surface area contributed by atoms with Crippen LogP contribution in [0.1, 0.15) is 13.8 Å². The molecular formula is C14H34N4O. The van der Waals surface area contributed by atoms with Crippen molar-refractivity contribution in [2.45, 2.75) is 25.9 Å². The lowest BCUT2D eigenvalue weighted by atomic mass is 10.0. The van der Waals surface area contributed by atoms with Crippen molar-refractivity contribution in [3.63, 3.8) is 0 Å². The number of ether oxygens (including phenoxy) is 1. The Labute approximate surface area is 119 Å². The van der Waals surface area contributed by atoms with Crippen molar-refractivity contribution >= 4 is 0 Å². The third-order valence-corrected chi connectivity index (χ3v) is 4.26. The van der Waals surface area contributed by atoms with Crippen LogP contribution in [0.25, 0.3) is 0 Å². The summed E-state index contributed by atoms with van der Waals surface area (Å²) >= 11 is 0. The number of hydrogen-bond acceptors (Lipinski definition) is 5. The van der Waals surface area contributed by atoms with Crippen LogP contribution in [0.15, 0.2) is 0 Å². The first-order valence-electron chi connectivity index (χ1n) is 7.15. The van der Waals surface area contributed by atoms with Crippen molar-refractivity contribution in [3.8, 4) is 0 Å². The summed E-state index contributed by atoms with van der Waals surface area (Å²) in [5.41, 5.74) is 11.7. The standard InChI is InChI=1S/C14H34N4O/c1-11(17(3)4)13(7-15)9-19-10-14(8-16)12(2)18(5)6/h11-14H,7-10,15-16H2,1-6H3. The summed E-state index contributed by atoms with van der Waals surface area (Å²) in [6, 6.07) is 0.847. The summed E-state index contributed by atoms with van der Waals surface area (Å²) < 4.78 is 5.87. The van der Waals surface area contributed by atoms with Gasteiger partial charge in [0.1, 0.15) is 0 Å². The van der Waals surface area contributed by atoms with Crippen LogP contribution < -0.4 is 11.5 Å². The van der Waals surface area contributed by atoms with Gasteiger partial charge < -0.3 is 26.0 Å². The van der Waals surface area contributed by atoms with Crippen LogP contribution in [-0.4, -0.2) is 76.4 Å². The highest BCUT2D eigenvalue weighted by molar-refractivity contribution is 4.75. The van der Waals surface area contributed by atoms with E-state index in [4.69, 9.17) is 16.2 Å². The largest absolute Gasteiger partial charge is 0.381 e. The fourth-order valence-corrected chi connectivity index (χ4v) is 2.02. The van der Waals surface area contributed by atoms with Crippen LogP contribution in [0, 0.1) is 11.8 Å². The Bertz CT molecular complexity index is 201. The molecule has 19 heavy (non-hydrogen) atoms. The van der Waals surface area contributed by atoms with Gasteiger partial charge in [-0.15, -0.1) is 0 Å². The fourth-order valence-electron chi connectivity index (χ4n) is 2.02. The van der Waals surface area contributed by atoms with E-state index in [-0.39, 0.29) is 0 Å². The Morgan fingerprint density at radius 1 is 0.789 bits per heavy atom. The first-order chi connectivity index (χ1) is 8.84. The van der Waals surface area contributed by atoms with E-state index in [0.29, 0.717) is 50.2 Å². The zero-order valence-electron chi connectivity index (χ0n) is 13.6. The normalized spacial score (nSPS) is 18.6. The van der Waals surface area contributed by atoms with Gasteiger partial charge in [0.25, 0.3) is 0 Å². The third kappa shape index (κ3) is 6.68. The van der Waals surface area contributed by atoms with Crippen molar-refractivity contribution < 1.29 is 4.74 Å². The van der Waals surface area contributed by atoms with Gasteiger partial charge in [-0.1, -0.05) is 0 Å². The van der Waals surface area contributed by atoms with E-state index in [0.717, 1.165) is 0 Å². The average Bonchev–Trinajstić information content (AvgIpc) is 2.37. The number of nitrogens with two attached hydrogens (primary N) is 2. The molecule has 116 valence electrons. The van der Waals surface area contributed by atoms with Crippen molar-refractivity contribution in [2.75, 3.05) is 54.5 Å². The topological polar surface area (TPSA) is 67.7 Å². The van der Waals surface area contributed by atoms with Gasteiger partial charge in [-0.2, -0.15) is 0 Å². The van der Waals surface area contributed by atoms with Crippen LogP contribution in [0.2, 0.25) is 0 Å². The average molecular weight is 274 g/mol. The van der Waals surface area contributed by atoms with Crippen LogP contribution in [0.5, 0.6) is 0 Å². The van der Waals surface area contributed by atoms with E-state index in [9.17, 15) is 0 Å². The highest BCUT2D eigenvalue weighted by atomic mass is 16.5. The predicted molar refractivity (Wildman–Crippen MR) is 82.2 cm³/mol. The van der Waals surface area contributed by atoms with Crippen LogP contribution in [-0.2, 0) is 4.74 Å². The molecule has 0 radical (unpaired) electrons. The summed E-state index contributed by atoms with van der Waals surface area (Å²) in [7, 11) is 8.29. The predicted octanol–water partition coefficient (Wildman–Crippen LogP) is 0.0530. The van der Waals surface area contributed by atoms with Gasteiger partial charge in [0.15, 0.2) is 0 Å². The van der Waals surface area contributed by atoms with Gasteiger partial charge in [0, 0.05) is 23.9 Å². The molecule has 0 aliphatic carbocycles. The molecule has 0 aromatic rings. The molecule has 0 saturated heterocycles. The second-order valence-corrected chi connectivity index (χ2v) is 5.94. The van der Waals surface area contributed by atoms with Gasteiger partial charge in [-0.25, -0.2) is 0 Å². The lowest BCUT2D eigenvalue weighted by Crippen LogP contribution is -2.42. The molecule has 0 bridgehead atoms. The second kappa shape index (κ2) is 9.66. The van der Waals surface area contributed by atoms with Crippen molar-refractivity contribution in [1.29, 1.82) is 0 Å². The van der Waals surface area contributed by atoms with Gasteiger partial charge >= 0.3 is 0 Å². The Balaban J connectivity index is 4.17. The van der Waals surface area contributed by atoms with Crippen molar-refractivity contribution in [2.24, 2.45) is 23.3 Å². The van der Waals surface area contributed by atoms with E-state index < -0.39 is 0 Å². The van der Waals surface area contributed by atoms with E-state index in [1.54, 1.807) is 0 Å². The highest BCUT2D eigenvalue weighted by Crippen LogP contribution is 2.11. The lowest BCUT2D eigenvalue weighted by Gasteiger charge is -2.31. The zero-order valence-corrected chi connectivity index (χ0v) is 13.6. The number of rotatable bonds is 10. The Morgan fingerprint density at radius 3 is 1.32 bits per heavy atom. The fraction of sp³-hybridized carbons (Fsp3) is 1.00. The Hall–Kier alpha value is -0.200. The van der Waals surface area contributed by atoms with Gasteiger partial charge in [-0.3, -0.25) is 0 Å². The molecule has 0 amide bonds. The first-order valence-corrected chi connectivity index (χ1v) is 7.15. The van der Waals surface area contributed by atoms with Crippen LogP contribution in [0.4, 0.5) is 0 Å².